The molecule has 1 aromatic rings. The van der Waals surface area contributed by atoms with E-state index in [0.717, 1.165) is 6.54 Å². The molecular weight excluding hydrogens is 172 g/mol. The van der Waals surface area contributed by atoms with Gasteiger partial charge < -0.3 is 0 Å². The second kappa shape index (κ2) is 3.76. The van der Waals surface area contributed by atoms with E-state index in [1.807, 2.05) is 0 Å². The highest BCUT2D eigenvalue weighted by Crippen LogP contribution is 2.21. The fourth-order valence-corrected chi connectivity index (χ4v) is 1.41. The lowest BCUT2D eigenvalue weighted by atomic mass is 9.92. The van der Waals surface area contributed by atoms with Crippen LogP contribution in [0.1, 0.15) is 46.0 Å². The normalized spacial score (nSPS) is 12.5. The van der Waals surface area contributed by atoms with E-state index in [1.54, 1.807) is 0 Å². The molecule has 0 aromatic carbocycles. The summed E-state index contributed by atoms with van der Waals surface area (Å²) in [6.07, 6.45) is 0. The molecule has 0 aliphatic heterocycles. The Morgan fingerprint density at radius 1 is 1.36 bits per heavy atom. The highest BCUT2D eigenvalue weighted by atomic mass is 15.3. The Morgan fingerprint density at radius 2 is 1.93 bits per heavy atom. The molecule has 2 heteroatoms. The van der Waals surface area contributed by atoms with Crippen molar-refractivity contribution in [1.29, 1.82) is 0 Å². The zero-order chi connectivity index (χ0) is 10.9. The third kappa shape index (κ3) is 2.60. The average molecular weight is 194 g/mol. The van der Waals surface area contributed by atoms with E-state index in [2.05, 4.69) is 57.4 Å². The van der Waals surface area contributed by atoms with Crippen LogP contribution in [0, 0.1) is 12.8 Å². The predicted molar refractivity (Wildman–Crippen MR) is 60.5 cm³/mol. The molecule has 0 spiro atoms. The molecular formula is C12H22N2. The molecule has 0 aliphatic carbocycles. The highest BCUT2D eigenvalue weighted by Gasteiger charge is 2.18. The zero-order valence-corrected chi connectivity index (χ0v) is 10.3. The van der Waals surface area contributed by atoms with Crippen molar-refractivity contribution < 1.29 is 0 Å². The maximum Gasteiger partial charge on any atom is 0.0680 e. The minimum atomic E-state index is 0.160. The largest absolute Gasteiger partial charge is 0.269 e. The predicted octanol–water partition coefficient (Wildman–Crippen LogP) is 3.15. The van der Waals surface area contributed by atoms with Crippen LogP contribution in [0.15, 0.2) is 6.07 Å². The molecule has 0 saturated heterocycles. The summed E-state index contributed by atoms with van der Waals surface area (Å²) in [5, 5.41) is 4.64. The Kier molecular flexibility index (Phi) is 3.03. The molecule has 2 nitrogen and oxygen atoms in total. The topological polar surface area (TPSA) is 17.8 Å². The summed E-state index contributed by atoms with van der Waals surface area (Å²) in [4.78, 5) is 0. The van der Waals surface area contributed by atoms with E-state index in [9.17, 15) is 0 Å². The van der Waals surface area contributed by atoms with Crippen molar-refractivity contribution in [2.24, 2.45) is 5.92 Å². The van der Waals surface area contributed by atoms with E-state index in [4.69, 9.17) is 0 Å². The number of hydrogen-bond donors (Lipinski definition) is 0. The Labute approximate surface area is 87.3 Å². The number of aryl methyl sites for hydroxylation is 1. The van der Waals surface area contributed by atoms with Crippen LogP contribution in [-0.2, 0) is 12.0 Å². The molecule has 0 N–H and O–H groups in total. The monoisotopic (exact) mass is 194 g/mol. The number of rotatable bonds is 2. The Hall–Kier alpha value is -0.790. The van der Waals surface area contributed by atoms with Crippen molar-refractivity contribution >= 4 is 0 Å². The van der Waals surface area contributed by atoms with E-state index in [1.165, 1.54) is 11.4 Å². The summed E-state index contributed by atoms with van der Waals surface area (Å²) in [5.74, 6) is 0.654. The fourth-order valence-electron chi connectivity index (χ4n) is 1.41. The van der Waals surface area contributed by atoms with Gasteiger partial charge in [-0.05, 0) is 18.9 Å². The first kappa shape index (κ1) is 11.3. The summed E-state index contributed by atoms with van der Waals surface area (Å²) in [7, 11) is 0. The molecule has 0 amide bonds. The molecule has 1 heterocycles. The van der Waals surface area contributed by atoms with Crippen molar-refractivity contribution in [2.45, 2.75) is 53.5 Å². The van der Waals surface area contributed by atoms with Crippen molar-refractivity contribution in [3.63, 3.8) is 0 Å². The zero-order valence-electron chi connectivity index (χ0n) is 10.3. The Bertz CT molecular complexity index is 303. The lowest BCUT2D eigenvalue weighted by Gasteiger charge is -2.14. The molecule has 0 saturated carbocycles. The van der Waals surface area contributed by atoms with Gasteiger partial charge in [0, 0.05) is 17.7 Å². The fraction of sp³-hybridized carbons (Fsp3) is 0.750. The molecule has 1 rings (SSSR count). The molecule has 14 heavy (non-hydrogen) atoms. The van der Waals surface area contributed by atoms with Gasteiger partial charge in [0.25, 0.3) is 0 Å². The van der Waals surface area contributed by atoms with Gasteiger partial charge in [0.15, 0.2) is 0 Å². The van der Waals surface area contributed by atoms with E-state index >= 15 is 0 Å². The number of aromatic nitrogens is 2. The molecule has 0 fully saturated rings. The minimum Gasteiger partial charge on any atom is -0.269 e. The van der Waals surface area contributed by atoms with Gasteiger partial charge in [0.05, 0.1) is 5.69 Å². The van der Waals surface area contributed by atoms with Gasteiger partial charge in [0.2, 0.25) is 0 Å². The standard InChI is InChI=1S/C12H22N2/c1-9(2)8-14-10(3)7-11(13-14)12(4,5)6/h7,9H,8H2,1-6H3. The lowest BCUT2D eigenvalue weighted by Crippen LogP contribution is -2.14. The van der Waals surface area contributed by atoms with Crippen LogP contribution in [0.5, 0.6) is 0 Å². The van der Waals surface area contributed by atoms with Crippen LogP contribution in [0.3, 0.4) is 0 Å². The van der Waals surface area contributed by atoms with Crippen LogP contribution in [0.2, 0.25) is 0 Å². The molecule has 0 unspecified atom stereocenters. The van der Waals surface area contributed by atoms with Gasteiger partial charge in [-0.1, -0.05) is 34.6 Å². The van der Waals surface area contributed by atoms with E-state index < -0.39 is 0 Å². The van der Waals surface area contributed by atoms with Crippen molar-refractivity contribution in [2.75, 3.05) is 0 Å². The van der Waals surface area contributed by atoms with Crippen LogP contribution in [-0.4, -0.2) is 9.78 Å². The van der Waals surface area contributed by atoms with Gasteiger partial charge >= 0.3 is 0 Å². The summed E-state index contributed by atoms with van der Waals surface area (Å²) in [5.41, 5.74) is 2.62. The first-order valence-electron chi connectivity index (χ1n) is 5.35. The molecule has 0 aliphatic rings. The van der Waals surface area contributed by atoms with Crippen LogP contribution in [0.25, 0.3) is 0 Å². The van der Waals surface area contributed by atoms with Crippen molar-refractivity contribution in [1.82, 2.24) is 9.78 Å². The third-order valence-corrected chi connectivity index (χ3v) is 2.29. The van der Waals surface area contributed by atoms with Gasteiger partial charge in [-0.15, -0.1) is 0 Å². The van der Waals surface area contributed by atoms with Crippen LogP contribution >= 0.6 is 0 Å². The molecule has 0 radical (unpaired) electrons. The molecule has 0 bridgehead atoms. The summed E-state index contributed by atoms with van der Waals surface area (Å²) in [6, 6.07) is 2.20. The van der Waals surface area contributed by atoms with Gasteiger partial charge in [-0.25, -0.2) is 0 Å². The first-order chi connectivity index (χ1) is 6.30. The lowest BCUT2D eigenvalue weighted by molar-refractivity contribution is 0.459. The maximum absolute atomic E-state index is 4.64. The second-order valence-electron chi connectivity index (χ2n) is 5.50. The SMILES string of the molecule is Cc1cc(C(C)(C)C)nn1CC(C)C. The van der Waals surface area contributed by atoms with Crippen molar-refractivity contribution in [3.05, 3.63) is 17.5 Å². The average Bonchev–Trinajstić information content (AvgIpc) is 2.30. The van der Waals surface area contributed by atoms with E-state index in [0.29, 0.717) is 5.92 Å². The minimum absolute atomic E-state index is 0.160. The van der Waals surface area contributed by atoms with Gasteiger partial charge in [0.1, 0.15) is 0 Å². The highest BCUT2D eigenvalue weighted by molar-refractivity contribution is 5.16. The molecule has 1 aromatic heterocycles. The van der Waals surface area contributed by atoms with E-state index in [-0.39, 0.29) is 5.41 Å². The summed E-state index contributed by atoms with van der Waals surface area (Å²) >= 11 is 0. The Balaban J connectivity index is 2.94. The first-order valence-corrected chi connectivity index (χ1v) is 5.35. The van der Waals surface area contributed by atoms with Crippen molar-refractivity contribution in [3.8, 4) is 0 Å². The quantitative estimate of drug-likeness (QED) is 0.707. The summed E-state index contributed by atoms with van der Waals surface area (Å²) < 4.78 is 2.12. The smallest absolute Gasteiger partial charge is 0.0680 e. The Morgan fingerprint density at radius 3 is 2.29 bits per heavy atom. The number of nitrogens with zero attached hydrogens (tertiary/aromatic N) is 2. The third-order valence-electron chi connectivity index (χ3n) is 2.29. The summed E-state index contributed by atoms with van der Waals surface area (Å²) in [6.45, 7) is 14.2. The molecule has 0 atom stereocenters. The maximum atomic E-state index is 4.64. The molecule has 80 valence electrons. The number of hydrogen-bond acceptors (Lipinski definition) is 1. The van der Waals surface area contributed by atoms with Gasteiger partial charge in [-0.2, -0.15) is 5.10 Å². The van der Waals surface area contributed by atoms with Crippen LogP contribution < -0.4 is 0 Å². The van der Waals surface area contributed by atoms with Crippen LogP contribution in [0.4, 0.5) is 0 Å². The second-order valence-corrected chi connectivity index (χ2v) is 5.50. The van der Waals surface area contributed by atoms with Gasteiger partial charge in [-0.3, -0.25) is 4.68 Å².